The fourth-order valence-electron chi connectivity index (χ4n) is 3.74. The van der Waals surface area contributed by atoms with Gasteiger partial charge in [-0.3, -0.25) is 18.9 Å². The number of benzene rings is 1. The second-order valence-electron chi connectivity index (χ2n) is 7.33. The van der Waals surface area contributed by atoms with E-state index in [9.17, 15) is 14.0 Å². The number of fused-ring (bicyclic) bond motifs is 1. The van der Waals surface area contributed by atoms with Gasteiger partial charge in [0.1, 0.15) is 5.75 Å². The summed E-state index contributed by atoms with van der Waals surface area (Å²) in [6.45, 7) is 2.75. The number of carbonyl (C=O) groups excluding carboxylic acids is 1. The molecule has 164 valence electrons. The van der Waals surface area contributed by atoms with Gasteiger partial charge in [0.15, 0.2) is 5.69 Å². The summed E-state index contributed by atoms with van der Waals surface area (Å²) in [7, 11) is 1.56. The molecule has 0 bridgehead atoms. The Hall–Kier alpha value is -2.98. The van der Waals surface area contributed by atoms with Crippen molar-refractivity contribution in [2.75, 3.05) is 52.2 Å². The number of nitrogen functional groups attached to an aromatic ring is 1. The summed E-state index contributed by atoms with van der Waals surface area (Å²) in [6, 6.07) is 6.87. The zero-order valence-corrected chi connectivity index (χ0v) is 18.0. The third-order valence-electron chi connectivity index (χ3n) is 5.47. The highest BCUT2D eigenvalue weighted by Gasteiger charge is 2.27. The molecular formula is C21H24FN5O3S. The lowest BCUT2D eigenvalue weighted by Crippen LogP contribution is -2.49. The molecule has 0 saturated carbocycles. The average molecular weight is 445 g/mol. The second kappa shape index (κ2) is 9.03. The maximum Gasteiger partial charge on any atom is 0.282 e. The summed E-state index contributed by atoms with van der Waals surface area (Å²) < 4.78 is 18.8. The van der Waals surface area contributed by atoms with Crippen molar-refractivity contribution in [1.82, 2.24) is 19.6 Å². The minimum absolute atomic E-state index is 0.204. The van der Waals surface area contributed by atoms with Crippen LogP contribution in [0.4, 0.5) is 9.39 Å². The van der Waals surface area contributed by atoms with E-state index in [1.54, 1.807) is 41.7 Å². The van der Waals surface area contributed by atoms with E-state index in [2.05, 4.69) is 10.00 Å². The zero-order valence-electron chi connectivity index (χ0n) is 17.2. The number of nitrogens with two attached hydrogens (primary N) is 1. The maximum atomic E-state index is 13.4. The van der Waals surface area contributed by atoms with Crippen molar-refractivity contribution in [1.29, 1.82) is 0 Å². The number of aromatic nitrogens is 2. The molecule has 1 aliphatic heterocycles. The van der Waals surface area contributed by atoms with Gasteiger partial charge in [0.2, 0.25) is 0 Å². The molecule has 31 heavy (non-hydrogen) atoms. The third kappa shape index (κ3) is 4.13. The summed E-state index contributed by atoms with van der Waals surface area (Å²) in [5.74, 6) is 0.407. The molecular weight excluding hydrogens is 420 g/mol. The van der Waals surface area contributed by atoms with E-state index in [0.717, 1.165) is 0 Å². The molecule has 0 radical (unpaired) electrons. The molecule has 10 heteroatoms. The molecule has 2 aromatic heterocycles. The lowest BCUT2D eigenvalue weighted by Gasteiger charge is -2.34. The number of halogens is 1. The number of amides is 1. The minimum Gasteiger partial charge on any atom is -0.497 e. The number of anilines is 1. The number of ether oxygens (including phenoxy) is 1. The van der Waals surface area contributed by atoms with E-state index in [1.165, 1.54) is 16.0 Å². The van der Waals surface area contributed by atoms with Crippen LogP contribution in [0.15, 0.2) is 34.4 Å². The molecule has 2 N–H and O–H groups in total. The Kier molecular flexibility index (Phi) is 6.19. The van der Waals surface area contributed by atoms with Crippen LogP contribution in [0.25, 0.3) is 16.5 Å². The predicted molar refractivity (Wildman–Crippen MR) is 119 cm³/mol. The molecule has 0 aliphatic carbocycles. The molecule has 4 rings (SSSR count). The first-order valence-corrected chi connectivity index (χ1v) is 10.9. The van der Waals surface area contributed by atoms with Crippen LogP contribution < -0.4 is 16.0 Å². The highest BCUT2D eigenvalue weighted by molar-refractivity contribution is 7.15. The number of thiophene rings is 1. The quantitative estimate of drug-likeness (QED) is 0.626. The molecule has 1 aliphatic rings. The van der Waals surface area contributed by atoms with Crippen LogP contribution >= 0.6 is 11.3 Å². The van der Waals surface area contributed by atoms with E-state index in [-0.39, 0.29) is 23.8 Å². The van der Waals surface area contributed by atoms with Gasteiger partial charge in [-0.05, 0) is 30.7 Å². The van der Waals surface area contributed by atoms with Gasteiger partial charge in [0.25, 0.3) is 11.5 Å². The number of rotatable bonds is 6. The smallest absolute Gasteiger partial charge is 0.282 e. The number of carbonyl (C=O) groups is 1. The number of methoxy groups -OCH3 is 1. The van der Waals surface area contributed by atoms with Crippen LogP contribution in [0, 0.1) is 0 Å². The summed E-state index contributed by atoms with van der Waals surface area (Å²) >= 11 is 1.22. The van der Waals surface area contributed by atoms with Gasteiger partial charge in [0.05, 0.1) is 29.9 Å². The fourth-order valence-corrected chi connectivity index (χ4v) is 4.53. The summed E-state index contributed by atoms with van der Waals surface area (Å²) in [5, 5.41) is 7.29. The molecule has 0 spiro atoms. The van der Waals surface area contributed by atoms with Crippen LogP contribution in [-0.2, 0) is 0 Å². The monoisotopic (exact) mass is 444 g/mol. The first kappa shape index (κ1) is 21.3. The zero-order chi connectivity index (χ0) is 22.0. The minimum atomic E-state index is -0.369. The number of alkyl halides is 1. The van der Waals surface area contributed by atoms with Gasteiger partial charge in [-0.1, -0.05) is 0 Å². The molecule has 3 aromatic rings. The first-order chi connectivity index (χ1) is 15.0. The van der Waals surface area contributed by atoms with Crippen LogP contribution in [-0.4, -0.2) is 72.0 Å². The van der Waals surface area contributed by atoms with E-state index >= 15 is 0 Å². The van der Waals surface area contributed by atoms with Crippen molar-refractivity contribution in [2.45, 2.75) is 6.42 Å². The van der Waals surface area contributed by atoms with Gasteiger partial charge < -0.3 is 15.4 Å². The normalized spacial score (nSPS) is 14.8. The van der Waals surface area contributed by atoms with Crippen molar-refractivity contribution in [3.63, 3.8) is 0 Å². The Morgan fingerprint density at radius 1 is 1.23 bits per heavy atom. The molecule has 1 saturated heterocycles. The Morgan fingerprint density at radius 3 is 2.58 bits per heavy atom. The van der Waals surface area contributed by atoms with Crippen LogP contribution in [0.2, 0.25) is 0 Å². The maximum absolute atomic E-state index is 13.4. The van der Waals surface area contributed by atoms with Gasteiger partial charge in [-0.25, -0.2) is 0 Å². The molecule has 8 nitrogen and oxygen atoms in total. The van der Waals surface area contributed by atoms with Gasteiger partial charge in [0, 0.05) is 43.5 Å². The van der Waals surface area contributed by atoms with E-state index in [4.69, 9.17) is 10.5 Å². The van der Waals surface area contributed by atoms with Crippen LogP contribution in [0.1, 0.15) is 16.9 Å². The van der Waals surface area contributed by atoms with Gasteiger partial charge in [-0.15, -0.1) is 11.3 Å². The number of hydrogen-bond acceptors (Lipinski definition) is 7. The van der Waals surface area contributed by atoms with Crippen LogP contribution in [0.3, 0.4) is 0 Å². The molecule has 0 unspecified atom stereocenters. The number of piperazine rings is 1. The van der Waals surface area contributed by atoms with Crippen molar-refractivity contribution in [3.05, 3.63) is 45.7 Å². The highest BCUT2D eigenvalue weighted by atomic mass is 32.1. The van der Waals surface area contributed by atoms with Gasteiger partial charge in [-0.2, -0.15) is 9.78 Å². The van der Waals surface area contributed by atoms with Crippen molar-refractivity contribution < 1.29 is 13.9 Å². The van der Waals surface area contributed by atoms with E-state index < -0.39 is 0 Å². The van der Waals surface area contributed by atoms with Gasteiger partial charge >= 0.3 is 0 Å². The lowest BCUT2D eigenvalue weighted by atomic mass is 10.2. The molecule has 1 fully saturated rings. The molecule has 3 heterocycles. The largest absolute Gasteiger partial charge is 0.497 e. The van der Waals surface area contributed by atoms with E-state index in [1.807, 2.05) is 0 Å². The Bertz CT molecular complexity index is 1140. The topological polar surface area (TPSA) is 93.7 Å². The first-order valence-electron chi connectivity index (χ1n) is 10.1. The molecule has 0 atom stereocenters. The van der Waals surface area contributed by atoms with Crippen molar-refractivity contribution in [3.8, 4) is 11.4 Å². The number of hydrogen-bond donors (Lipinski definition) is 1. The highest BCUT2D eigenvalue weighted by Crippen LogP contribution is 2.28. The Morgan fingerprint density at radius 2 is 1.94 bits per heavy atom. The Labute approximate surface area is 182 Å². The SMILES string of the molecule is COc1ccc(-n2nc(C(=O)N3CCN(CCC[18F])CC3)c3csc(N)c3c2=O)cc1. The summed E-state index contributed by atoms with van der Waals surface area (Å²) in [4.78, 5) is 30.3. The predicted octanol–water partition coefficient (Wildman–Crippen LogP) is 2.16. The standard InChI is InChI=1S/C21H24FN5O3S/c1-30-15-5-3-14(4-6-15)27-20(28)17-16(13-31-19(17)23)18(24-27)21(29)26-11-9-25(10-12-26)8-2-7-22/h3-6,13H,2,7-12,23H2,1H3/i22-1. The fraction of sp³-hybridized carbons (Fsp3) is 0.381. The third-order valence-corrected chi connectivity index (χ3v) is 6.28. The molecule has 1 aromatic carbocycles. The summed E-state index contributed by atoms with van der Waals surface area (Å²) in [5.41, 5.74) is 6.43. The summed E-state index contributed by atoms with van der Waals surface area (Å²) in [6.07, 6.45) is 0.497. The van der Waals surface area contributed by atoms with Crippen molar-refractivity contribution >= 4 is 33.0 Å². The van der Waals surface area contributed by atoms with E-state index in [0.29, 0.717) is 66.4 Å². The van der Waals surface area contributed by atoms with Crippen LogP contribution in [0.5, 0.6) is 5.75 Å². The lowest BCUT2D eigenvalue weighted by molar-refractivity contribution is 0.0628. The average Bonchev–Trinajstić information content (AvgIpc) is 3.20. The number of nitrogens with zero attached hydrogens (tertiary/aromatic N) is 4. The second-order valence-corrected chi connectivity index (χ2v) is 8.24. The molecule has 1 amide bonds. The Balaban J connectivity index is 1.70. The van der Waals surface area contributed by atoms with Crippen molar-refractivity contribution in [2.24, 2.45) is 0 Å².